The Labute approximate surface area is 126 Å². The van der Waals surface area contributed by atoms with Crippen molar-refractivity contribution in [2.45, 2.75) is 70.7 Å². The molecule has 4 heteroatoms. The van der Waals surface area contributed by atoms with Gasteiger partial charge >= 0.3 is 5.97 Å². The molecule has 3 rings (SSSR count). The summed E-state index contributed by atoms with van der Waals surface area (Å²) in [5.41, 5.74) is -1.15. The maximum absolute atomic E-state index is 11.4. The molecule has 0 aromatic carbocycles. The van der Waals surface area contributed by atoms with E-state index >= 15 is 0 Å². The molecule has 1 spiro atoms. The molecule has 1 aliphatic carbocycles. The van der Waals surface area contributed by atoms with Crippen LogP contribution in [-0.2, 0) is 19.0 Å². The van der Waals surface area contributed by atoms with Crippen molar-refractivity contribution in [2.24, 2.45) is 11.3 Å². The van der Waals surface area contributed by atoms with Crippen molar-refractivity contribution >= 4 is 5.97 Å². The summed E-state index contributed by atoms with van der Waals surface area (Å²) >= 11 is 0. The molecule has 0 radical (unpaired) electrons. The van der Waals surface area contributed by atoms with Crippen LogP contribution in [0.1, 0.15) is 53.9 Å². The average molecular weight is 294 g/mol. The number of rotatable bonds is 2. The smallest absolute Gasteiger partial charge is 0.303 e. The molecule has 0 bridgehead atoms. The molecule has 4 atom stereocenters. The van der Waals surface area contributed by atoms with E-state index in [4.69, 9.17) is 14.2 Å². The summed E-state index contributed by atoms with van der Waals surface area (Å²) in [4.78, 5) is 11.4. The van der Waals surface area contributed by atoms with Crippen LogP contribution in [0.3, 0.4) is 0 Å². The Kier molecular flexibility index (Phi) is 3.01. The lowest BCUT2D eigenvalue weighted by Gasteiger charge is -2.52. The van der Waals surface area contributed by atoms with Gasteiger partial charge in [-0.1, -0.05) is 6.92 Å². The number of ether oxygens (including phenoxy) is 3. The van der Waals surface area contributed by atoms with Gasteiger partial charge in [0.2, 0.25) is 0 Å². The van der Waals surface area contributed by atoms with Gasteiger partial charge in [-0.05, 0) is 46.1 Å². The number of hydrogen-bond donors (Lipinski definition) is 0. The molecule has 2 fully saturated rings. The van der Waals surface area contributed by atoms with Gasteiger partial charge in [0.05, 0.1) is 12.9 Å². The lowest BCUT2D eigenvalue weighted by Crippen LogP contribution is -2.60. The summed E-state index contributed by atoms with van der Waals surface area (Å²) in [6.45, 7) is 10.6. The highest BCUT2D eigenvalue weighted by atomic mass is 16.6. The van der Waals surface area contributed by atoms with Gasteiger partial charge in [0.1, 0.15) is 16.8 Å². The average Bonchev–Trinajstić information content (AvgIpc) is 2.78. The molecule has 3 aliphatic rings. The largest absolute Gasteiger partial charge is 0.491 e. The van der Waals surface area contributed by atoms with Crippen molar-refractivity contribution < 1.29 is 19.0 Å². The van der Waals surface area contributed by atoms with E-state index in [0.29, 0.717) is 0 Å². The highest BCUT2D eigenvalue weighted by Crippen LogP contribution is 2.63. The Morgan fingerprint density at radius 1 is 1.38 bits per heavy atom. The van der Waals surface area contributed by atoms with E-state index in [-0.39, 0.29) is 28.5 Å². The molecule has 0 aromatic rings. The highest BCUT2D eigenvalue weighted by Gasteiger charge is 2.70. The van der Waals surface area contributed by atoms with Gasteiger partial charge in [0, 0.05) is 18.3 Å². The number of carbonyl (C=O) groups is 1. The summed E-state index contributed by atoms with van der Waals surface area (Å²) < 4.78 is 17.9. The first-order chi connectivity index (χ1) is 9.64. The van der Waals surface area contributed by atoms with Crippen LogP contribution in [-0.4, -0.2) is 29.4 Å². The molecule has 1 saturated heterocycles. The van der Waals surface area contributed by atoms with Gasteiger partial charge < -0.3 is 14.2 Å². The van der Waals surface area contributed by atoms with Crippen LogP contribution in [0.2, 0.25) is 0 Å². The van der Waals surface area contributed by atoms with E-state index in [1.165, 1.54) is 6.92 Å². The minimum absolute atomic E-state index is 0.0219. The van der Waals surface area contributed by atoms with Crippen LogP contribution in [0, 0.1) is 11.3 Å². The van der Waals surface area contributed by atoms with Gasteiger partial charge in [-0.3, -0.25) is 4.79 Å². The fourth-order valence-corrected chi connectivity index (χ4v) is 4.62. The van der Waals surface area contributed by atoms with Crippen LogP contribution in [0.25, 0.3) is 0 Å². The predicted octanol–water partition coefficient (Wildman–Crippen LogP) is 3.21. The van der Waals surface area contributed by atoms with E-state index < -0.39 is 5.60 Å². The number of carbonyl (C=O) groups excluding carboxylic acids is 1. The molecule has 118 valence electrons. The van der Waals surface area contributed by atoms with Crippen molar-refractivity contribution in [3.8, 4) is 0 Å². The maximum atomic E-state index is 11.4. The SMILES string of the molecule is CC(=O)OC(C)(C)[C@@H]1CC[C@@]2(C)CO[C@]3(C)C=CO[C@]23C1. The molecule has 4 nitrogen and oxygen atoms in total. The first-order valence-corrected chi connectivity index (χ1v) is 7.83. The predicted molar refractivity (Wildman–Crippen MR) is 78.6 cm³/mol. The zero-order chi connectivity index (χ0) is 15.5. The Bertz CT molecular complexity index is 497. The highest BCUT2D eigenvalue weighted by molar-refractivity contribution is 5.66. The monoisotopic (exact) mass is 294 g/mol. The fourth-order valence-electron chi connectivity index (χ4n) is 4.62. The molecule has 0 N–H and O–H groups in total. The molecular weight excluding hydrogens is 268 g/mol. The van der Waals surface area contributed by atoms with E-state index in [9.17, 15) is 4.79 Å². The van der Waals surface area contributed by atoms with Crippen molar-refractivity contribution in [1.82, 2.24) is 0 Å². The topological polar surface area (TPSA) is 44.8 Å². The second kappa shape index (κ2) is 4.25. The molecule has 2 aliphatic heterocycles. The molecule has 21 heavy (non-hydrogen) atoms. The first-order valence-electron chi connectivity index (χ1n) is 7.83. The van der Waals surface area contributed by atoms with Crippen molar-refractivity contribution in [3.63, 3.8) is 0 Å². The van der Waals surface area contributed by atoms with Crippen molar-refractivity contribution in [1.29, 1.82) is 0 Å². The van der Waals surface area contributed by atoms with Gasteiger partial charge in [-0.2, -0.15) is 0 Å². The molecule has 1 saturated carbocycles. The summed E-state index contributed by atoms with van der Waals surface area (Å²) in [5.74, 6) is 0.0529. The first kappa shape index (κ1) is 14.9. The van der Waals surface area contributed by atoms with E-state index in [0.717, 1.165) is 25.9 Å². The second-order valence-electron chi connectivity index (χ2n) is 7.84. The Morgan fingerprint density at radius 3 is 2.76 bits per heavy atom. The van der Waals surface area contributed by atoms with Crippen molar-refractivity contribution in [2.75, 3.05) is 6.61 Å². The minimum atomic E-state index is -0.475. The summed E-state index contributed by atoms with van der Waals surface area (Å²) in [6, 6.07) is 0. The molecule has 0 amide bonds. The normalized spacial score (nSPS) is 44.9. The Balaban J connectivity index is 1.90. The lowest BCUT2D eigenvalue weighted by molar-refractivity contribution is -0.177. The third kappa shape index (κ3) is 1.88. The standard InChI is InChI=1S/C17H26O4/c1-12(18)21-14(2,3)13-6-7-15(4)11-20-16(5)8-9-19-17(15,16)10-13/h8-9,13H,6-7,10-11H2,1-5H3/t13-,15+,16-,17-/m1/s1. The van der Waals surface area contributed by atoms with E-state index in [2.05, 4.69) is 13.8 Å². The molecule has 0 aromatic heterocycles. The van der Waals surface area contributed by atoms with Crippen molar-refractivity contribution in [3.05, 3.63) is 12.3 Å². The number of esters is 1. The Morgan fingerprint density at radius 2 is 2.10 bits per heavy atom. The quantitative estimate of drug-likeness (QED) is 0.734. The summed E-state index contributed by atoms with van der Waals surface area (Å²) in [5, 5.41) is 0. The zero-order valence-electron chi connectivity index (χ0n) is 13.7. The molecule has 2 heterocycles. The Hall–Kier alpha value is -1.03. The second-order valence-corrected chi connectivity index (χ2v) is 7.84. The molecule has 0 unspecified atom stereocenters. The van der Waals surface area contributed by atoms with E-state index in [1.807, 2.05) is 19.9 Å². The van der Waals surface area contributed by atoms with Crippen LogP contribution in [0.15, 0.2) is 12.3 Å². The van der Waals surface area contributed by atoms with Gasteiger partial charge in [0.15, 0.2) is 0 Å². The third-order valence-electron chi connectivity index (χ3n) is 6.09. The summed E-state index contributed by atoms with van der Waals surface area (Å²) in [6.07, 6.45) is 6.74. The molecular formula is C17H26O4. The van der Waals surface area contributed by atoms with Gasteiger partial charge in [-0.25, -0.2) is 0 Å². The van der Waals surface area contributed by atoms with Crippen LogP contribution in [0.5, 0.6) is 0 Å². The minimum Gasteiger partial charge on any atom is -0.491 e. The van der Waals surface area contributed by atoms with E-state index in [1.54, 1.807) is 6.26 Å². The van der Waals surface area contributed by atoms with Gasteiger partial charge in [0.25, 0.3) is 0 Å². The van der Waals surface area contributed by atoms with Crippen LogP contribution >= 0.6 is 0 Å². The number of hydrogen-bond acceptors (Lipinski definition) is 4. The van der Waals surface area contributed by atoms with Gasteiger partial charge in [-0.15, -0.1) is 0 Å². The summed E-state index contributed by atoms with van der Waals surface area (Å²) in [7, 11) is 0. The lowest BCUT2D eigenvalue weighted by atomic mass is 9.56. The maximum Gasteiger partial charge on any atom is 0.303 e. The fraction of sp³-hybridized carbons (Fsp3) is 0.824. The zero-order valence-corrected chi connectivity index (χ0v) is 13.7. The van der Waals surface area contributed by atoms with Crippen LogP contribution in [0.4, 0.5) is 0 Å². The third-order valence-corrected chi connectivity index (χ3v) is 6.09. The van der Waals surface area contributed by atoms with Crippen LogP contribution < -0.4 is 0 Å².